The van der Waals surface area contributed by atoms with Gasteiger partial charge in [-0.15, -0.1) is 5.10 Å². The number of aliphatic hydroxyl groups excluding tert-OH is 3. The summed E-state index contributed by atoms with van der Waals surface area (Å²) in [6.07, 6.45) is -6.26. The van der Waals surface area contributed by atoms with Crippen molar-refractivity contribution in [3.05, 3.63) is 47.7 Å². The summed E-state index contributed by atoms with van der Waals surface area (Å²) >= 11 is 0. The molecule has 15 nitrogen and oxygen atoms in total. The maximum atomic E-state index is 13.9. The summed E-state index contributed by atoms with van der Waals surface area (Å²) in [6.45, 7) is -0.0681. The number of aromatic nitrogens is 7. The fourth-order valence-electron chi connectivity index (χ4n) is 5.00. The van der Waals surface area contributed by atoms with Crippen molar-refractivity contribution < 1.29 is 47.1 Å². The second kappa shape index (κ2) is 11.7. The van der Waals surface area contributed by atoms with Gasteiger partial charge in [0, 0.05) is 6.61 Å². The molecule has 1 amide bonds. The second-order valence-corrected chi connectivity index (χ2v) is 10.2. The van der Waals surface area contributed by atoms with Crippen LogP contribution in [-0.2, 0) is 27.0 Å². The van der Waals surface area contributed by atoms with Gasteiger partial charge >= 0.3 is 6.18 Å². The monoisotopic (exact) mass is 623 g/mol. The molecule has 19 heteroatoms. The zero-order chi connectivity index (χ0) is 31.2. The molecule has 234 valence electrons. The third-order valence-corrected chi connectivity index (χ3v) is 7.22. The molecule has 5 heterocycles. The van der Waals surface area contributed by atoms with Crippen molar-refractivity contribution in [3.63, 3.8) is 0 Å². The van der Waals surface area contributed by atoms with Crippen molar-refractivity contribution in [2.45, 2.75) is 49.7 Å². The van der Waals surface area contributed by atoms with E-state index in [4.69, 9.17) is 9.47 Å². The first kappa shape index (κ1) is 29.8. The SMILES string of the molecule is O=CN(Cc1cc(F)cc(C(F)(F)F)c1)c1cn(-c2nc(N[C@@H]3CCOC3)c3ncn([C@@H]4O[C@H](CO)[C@H](O)[C@@H]4O)c3n2)nn1. The van der Waals surface area contributed by atoms with Crippen molar-refractivity contribution in [3.8, 4) is 5.95 Å². The number of imidazole rings is 1. The number of anilines is 2. The van der Waals surface area contributed by atoms with Crippen molar-refractivity contribution in [2.24, 2.45) is 0 Å². The quantitative estimate of drug-likeness (QED) is 0.150. The highest BCUT2D eigenvalue weighted by molar-refractivity contribution is 5.84. The summed E-state index contributed by atoms with van der Waals surface area (Å²) in [6, 6.07) is 1.83. The number of fused-ring (bicyclic) bond motifs is 1. The van der Waals surface area contributed by atoms with E-state index in [0.29, 0.717) is 32.1 Å². The lowest BCUT2D eigenvalue weighted by Crippen LogP contribution is -2.33. The van der Waals surface area contributed by atoms with Crippen LogP contribution in [0.1, 0.15) is 23.8 Å². The van der Waals surface area contributed by atoms with Crippen molar-refractivity contribution >= 4 is 29.2 Å². The Labute approximate surface area is 244 Å². The molecule has 0 aliphatic carbocycles. The fourth-order valence-corrected chi connectivity index (χ4v) is 5.00. The zero-order valence-electron chi connectivity index (χ0n) is 22.5. The predicted octanol–water partition coefficient (Wildman–Crippen LogP) is 0.540. The highest BCUT2D eigenvalue weighted by atomic mass is 19.4. The Morgan fingerprint density at radius 1 is 1.18 bits per heavy atom. The molecule has 4 aromatic rings. The fraction of sp³-hybridized carbons (Fsp3) is 0.440. The van der Waals surface area contributed by atoms with Gasteiger partial charge in [0.15, 0.2) is 29.0 Å². The van der Waals surface area contributed by atoms with Crippen LogP contribution in [0.25, 0.3) is 17.1 Å². The maximum absolute atomic E-state index is 13.9. The lowest BCUT2D eigenvalue weighted by Gasteiger charge is -2.17. The molecule has 0 saturated carbocycles. The molecule has 0 unspecified atom stereocenters. The first-order valence-electron chi connectivity index (χ1n) is 13.3. The number of halogens is 4. The second-order valence-electron chi connectivity index (χ2n) is 10.2. The average molecular weight is 624 g/mol. The van der Waals surface area contributed by atoms with E-state index in [1.165, 1.54) is 17.1 Å². The third kappa shape index (κ3) is 5.66. The maximum Gasteiger partial charge on any atom is 0.416 e. The van der Waals surface area contributed by atoms with Gasteiger partial charge in [-0.25, -0.2) is 9.37 Å². The number of hydrogen-bond acceptors (Lipinski definition) is 12. The Kier molecular flexibility index (Phi) is 7.88. The number of ether oxygens (including phenoxy) is 2. The summed E-state index contributed by atoms with van der Waals surface area (Å²) in [5.41, 5.74) is -0.915. The summed E-state index contributed by atoms with van der Waals surface area (Å²) in [5.74, 6) is -1.04. The number of rotatable bonds is 9. The zero-order valence-corrected chi connectivity index (χ0v) is 22.5. The van der Waals surface area contributed by atoms with Gasteiger partial charge in [-0.05, 0) is 30.2 Å². The number of amides is 1. The highest BCUT2D eigenvalue weighted by Crippen LogP contribution is 2.34. The van der Waals surface area contributed by atoms with E-state index >= 15 is 0 Å². The van der Waals surface area contributed by atoms with Gasteiger partial charge < -0.3 is 30.1 Å². The molecule has 4 N–H and O–H groups in total. The summed E-state index contributed by atoms with van der Waals surface area (Å²) in [4.78, 5) is 26.2. The van der Waals surface area contributed by atoms with Crippen LogP contribution in [0.4, 0.5) is 29.2 Å². The van der Waals surface area contributed by atoms with Crippen LogP contribution in [0.3, 0.4) is 0 Å². The smallest absolute Gasteiger partial charge is 0.394 e. The molecule has 3 aromatic heterocycles. The number of hydrogen-bond donors (Lipinski definition) is 4. The number of aliphatic hydroxyl groups is 3. The van der Waals surface area contributed by atoms with Crippen LogP contribution in [0.2, 0.25) is 0 Å². The molecule has 6 rings (SSSR count). The average Bonchev–Trinajstić information content (AvgIpc) is 3.80. The normalized spacial score (nSPS) is 23.8. The van der Waals surface area contributed by atoms with Crippen LogP contribution in [0, 0.1) is 5.82 Å². The Hall–Kier alpha value is -4.30. The molecule has 2 saturated heterocycles. The molecule has 2 aliphatic heterocycles. The minimum atomic E-state index is -4.79. The van der Waals surface area contributed by atoms with Gasteiger partial charge in [-0.2, -0.15) is 27.8 Å². The van der Waals surface area contributed by atoms with Gasteiger partial charge in [-0.3, -0.25) is 14.3 Å². The predicted molar refractivity (Wildman–Crippen MR) is 140 cm³/mol. The largest absolute Gasteiger partial charge is 0.416 e. The number of nitrogens with one attached hydrogen (secondary N) is 1. The first-order chi connectivity index (χ1) is 21.0. The van der Waals surface area contributed by atoms with Gasteiger partial charge in [0.25, 0.3) is 5.95 Å². The van der Waals surface area contributed by atoms with Crippen LogP contribution >= 0.6 is 0 Å². The van der Waals surface area contributed by atoms with Crippen LogP contribution < -0.4 is 10.2 Å². The van der Waals surface area contributed by atoms with Gasteiger partial charge in [0.05, 0.1) is 43.9 Å². The van der Waals surface area contributed by atoms with E-state index in [1.54, 1.807) is 0 Å². The molecule has 0 spiro atoms. The molecule has 2 aliphatic rings. The van der Waals surface area contributed by atoms with Crippen LogP contribution in [0.15, 0.2) is 30.7 Å². The van der Waals surface area contributed by atoms with E-state index in [9.17, 15) is 37.7 Å². The van der Waals surface area contributed by atoms with Crippen LogP contribution in [-0.4, -0.2) is 100 Å². The number of alkyl halides is 3. The Morgan fingerprint density at radius 3 is 2.68 bits per heavy atom. The van der Waals surface area contributed by atoms with E-state index < -0.39 is 55.2 Å². The minimum absolute atomic E-state index is 0.0814. The molecule has 5 atom stereocenters. The molecule has 1 aromatic carbocycles. The first-order valence-corrected chi connectivity index (χ1v) is 13.3. The van der Waals surface area contributed by atoms with Crippen molar-refractivity contribution in [2.75, 3.05) is 30.0 Å². The molecule has 0 radical (unpaired) electrons. The standard InChI is InChI=1S/C25H25F4N9O6/c26-14-4-12(3-13(5-14)25(27,28)29)6-36(11-40)17-7-38(35-34-17)24-32-21(31-15-1-2-43-9-15)18-22(33-24)37(10-30-18)23-20(42)19(41)16(8-39)44-23/h3-5,7,10-11,15-16,19-20,23,39,41-42H,1-2,6,8-9H2,(H,31,32,33)/t15-,16-,19+,20+,23-/m1/s1. The lowest BCUT2D eigenvalue weighted by atomic mass is 10.1. The molecule has 0 bridgehead atoms. The highest BCUT2D eigenvalue weighted by Gasteiger charge is 2.44. The summed E-state index contributed by atoms with van der Waals surface area (Å²) in [7, 11) is 0. The van der Waals surface area contributed by atoms with E-state index in [1.807, 2.05) is 0 Å². The van der Waals surface area contributed by atoms with Crippen molar-refractivity contribution in [1.29, 1.82) is 0 Å². The topological polar surface area (TPSA) is 186 Å². The van der Waals surface area contributed by atoms with E-state index in [-0.39, 0.29) is 40.4 Å². The molecule has 44 heavy (non-hydrogen) atoms. The van der Waals surface area contributed by atoms with Crippen LogP contribution in [0.5, 0.6) is 0 Å². The van der Waals surface area contributed by atoms with E-state index in [0.717, 1.165) is 21.7 Å². The third-order valence-electron chi connectivity index (χ3n) is 7.22. The Balaban J connectivity index is 1.35. The van der Waals surface area contributed by atoms with Gasteiger partial charge in [-0.1, -0.05) is 5.21 Å². The van der Waals surface area contributed by atoms with Gasteiger partial charge in [0.2, 0.25) is 6.41 Å². The van der Waals surface area contributed by atoms with E-state index in [2.05, 4.69) is 30.6 Å². The summed E-state index contributed by atoms with van der Waals surface area (Å²) in [5, 5.41) is 41.5. The Bertz CT molecular complexity index is 1660. The Morgan fingerprint density at radius 2 is 2.00 bits per heavy atom. The number of benzene rings is 1. The minimum Gasteiger partial charge on any atom is -0.394 e. The van der Waals surface area contributed by atoms with Gasteiger partial charge in [0.1, 0.15) is 24.1 Å². The molecular formula is C25H25F4N9O6. The number of carbonyl (C=O) groups excluding carboxylic acids is 1. The number of carbonyl (C=O) groups is 1. The molecule has 2 fully saturated rings. The number of nitrogens with zero attached hydrogens (tertiary/aromatic N) is 8. The lowest BCUT2D eigenvalue weighted by molar-refractivity contribution is -0.137. The van der Waals surface area contributed by atoms with Crippen molar-refractivity contribution in [1.82, 2.24) is 34.5 Å². The molecular weight excluding hydrogens is 598 g/mol. The summed E-state index contributed by atoms with van der Waals surface area (Å²) < 4.78 is 67.0.